The summed E-state index contributed by atoms with van der Waals surface area (Å²) in [5, 5.41) is 12.6. The first-order valence-corrected chi connectivity index (χ1v) is 10.7. The highest BCUT2D eigenvalue weighted by molar-refractivity contribution is 5.92. The Hall–Kier alpha value is -3.36. The van der Waals surface area contributed by atoms with Crippen LogP contribution in [0.5, 0.6) is 0 Å². The van der Waals surface area contributed by atoms with Crippen LogP contribution in [0.15, 0.2) is 47.5 Å². The summed E-state index contributed by atoms with van der Waals surface area (Å²) >= 11 is 0. The molecule has 3 aromatic heterocycles. The predicted molar refractivity (Wildman–Crippen MR) is 123 cm³/mol. The van der Waals surface area contributed by atoms with E-state index in [1.54, 1.807) is 19.3 Å². The van der Waals surface area contributed by atoms with E-state index in [1.165, 1.54) is 0 Å². The fourth-order valence-corrected chi connectivity index (χ4v) is 4.12. The van der Waals surface area contributed by atoms with Gasteiger partial charge in [0.2, 0.25) is 0 Å². The number of carbonyl (C=O) groups is 1. The molecule has 8 heteroatoms. The molecule has 1 aliphatic heterocycles. The molecule has 4 heterocycles. The predicted octanol–water partition coefficient (Wildman–Crippen LogP) is 1.75. The normalized spacial score (nSPS) is 16.7. The molecule has 0 saturated carbocycles. The summed E-state index contributed by atoms with van der Waals surface area (Å²) in [6.45, 7) is 4.03. The van der Waals surface area contributed by atoms with Gasteiger partial charge in [-0.1, -0.05) is 19.1 Å². The molecule has 1 unspecified atom stereocenters. The summed E-state index contributed by atoms with van der Waals surface area (Å²) in [6, 6.07) is 7.38. The molecule has 3 aromatic rings. The first-order chi connectivity index (χ1) is 15.5. The zero-order valence-corrected chi connectivity index (χ0v) is 18.3. The first kappa shape index (κ1) is 21.9. The van der Waals surface area contributed by atoms with E-state index in [4.69, 9.17) is 0 Å². The summed E-state index contributed by atoms with van der Waals surface area (Å²) in [5.74, 6) is -0.285. The molecule has 0 aliphatic carbocycles. The zero-order valence-electron chi connectivity index (χ0n) is 18.3. The number of amides is 1. The molecule has 0 spiro atoms. The molecule has 1 aliphatic rings. The van der Waals surface area contributed by atoms with Gasteiger partial charge in [-0.25, -0.2) is 0 Å². The van der Waals surface area contributed by atoms with Crippen LogP contribution in [0.4, 0.5) is 0 Å². The van der Waals surface area contributed by atoms with Crippen LogP contribution >= 0.6 is 0 Å². The number of hydrogen-bond acceptors (Lipinski definition) is 6. The zero-order chi connectivity index (χ0) is 22.7. The van der Waals surface area contributed by atoms with Gasteiger partial charge in [-0.15, -0.1) is 0 Å². The third-order valence-corrected chi connectivity index (χ3v) is 5.88. The smallest absolute Gasteiger partial charge is 0.269 e. The van der Waals surface area contributed by atoms with Crippen molar-refractivity contribution in [2.24, 2.45) is 5.92 Å². The van der Waals surface area contributed by atoms with E-state index in [0.717, 1.165) is 33.3 Å². The first-order valence-electron chi connectivity index (χ1n) is 10.7. The Morgan fingerprint density at radius 1 is 1.28 bits per heavy atom. The number of rotatable bonds is 6. The number of nitrogens with zero attached hydrogens (tertiary/aromatic N) is 3. The molecule has 0 radical (unpaired) electrons. The minimum atomic E-state index is -0.227. The molecule has 32 heavy (non-hydrogen) atoms. The van der Waals surface area contributed by atoms with Crippen LogP contribution in [0.1, 0.15) is 34.1 Å². The van der Waals surface area contributed by atoms with Gasteiger partial charge in [0.1, 0.15) is 5.69 Å². The summed E-state index contributed by atoms with van der Waals surface area (Å²) in [4.78, 5) is 37.8. The lowest BCUT2D eigenvalue weighted by Gasteiger charge is -2.32. The highest BCUT2D eigenvalue weighted by Crippen LogP contribution is 2.28. The van der Waals surface area contributed by atoms with E-state index >= 15 is 0 Å². The van der Waals surface area contributed by atoms with Gasteiger partial charge in [0.25, 0.3) is 11.5 Å². The third-order valence-electron chi connectivity index (χ3n) is 5.88. The average molecular weight is 434 g/mol. The summed E-state index contributed by atoms with van der Waals surface area (Å²) in [7, 11) is 1.57. The van der Waals surface area contributed by atoms with Crippen molar-refractivity contribution in [2.75, 3.05) is 26.7 Å². The molecule has 8 nitrogen and oxygen atoms in total. The number of fused-ring (bicyclic) bond motifs is 1. The maximum absolute atomic E-state index is 12.1. The molecule has 0 saturated heterocycles. The van der Waals surface area contributed by atoms with Crippen LogP contribution in [0, 0.1) is 5.92 Å². The molecule has 3 N–H and O–H groups in total. The molecule has 0 bridgehead atoms. The molecule has 0 fully saturated rings. The third kappa shape index (κ3) is 4.46. The van der Waals surface area contributed by atoms with E-state index in [1.807, 2.05) is 31.3 Å². The second kappa shape index (κ2) is 9.42. The van der Waals surface area contributed by atoms with E-state index in [9.17, 15) is 14.7 Å². The lowest BCUT2D eigenvalue weighted by Crippen LogP contribution is -2.35. The standard InChI is InChI=1S/C24H27N5O3/c1-3-16-9-21-22(28-23(16)31)8-15(10-26-21)12-29-7-6-19(18(13-29)14-30)17-4-5-20(27-11-17)24(32)25-2/h4-6,8-11,18,30H,3,7,12-14H2,1-2H3,(H,25,32)(H,28,31). The number of hydrogen-bond donors (Lipinski definition) is 3. The van der Waals surface area contributed by atoms with Crippen LogP contribution in [0.2, 0.25) is 0 Å². The van der Waals surface area contributed by atoms with E-state index in [-0.39, 0.29) is 24.0 Å². The number of H-pyrrole nitrogens is 1. The Balaban J connectivity index is 1.51. The average Bonchev–Trinajstić information content (AvgIpc) is 2.83. The SMILES string of the molecule is CCc1cc2ncc(CN3CC=C(c4ccc(C(=O)NC)nc4)C(CO)C3)cc2[nH]c1=O. The van der Waals surface area contributed by atoms with E-state index < -0.39 is 0 Å². The second-order valence-electron chi connectivity index (χ2n) is 8.00. The van der Waals surface area contributed by atoms with Crippen molar-refractivity contribution in [3.8, 4) is 0 Å². The minimum absolute atomic E-state index is 0.0165. The number of nitrogens with one attached hydrogen (secondary N) is 2. The summed E-state index contributed by atoms with van der Waals surface area (Å²) in [5.41, 5.74) is 5.49. The number of aromatic nitrogens is 3. The van der Waals surface area contributed by atoms with Crippen molar-refractivity contribution in [3.05, 3.63) is 75.5 Å². The Morgan fingerprint density at radius 2 is 2.12 bits per heavy atom. The maximum Gasteiger partial charge on any atom is 0.269 e. The molecule has 0 aromatic carbocycles. The van der Waals surface area contributed by atoms with Crippen LogP contribution < -0.4 is 10.9 Å². The van der Waals surface area contributed by atoms with Crippen LogP contribution in [-0.4, -0.2) is 57.6 Å². The highest BCUT2D eigenvalue weighted by Gasteiger charge is 2.24. The van der Waals surface area contributed by atoms with Crippen LogP contribution in [-0.2, 0) is 13.0 Å². The van der Waals surface area contributed by atoms with Gasteiger partial charge in [0, 0.05) is 50.6 Å². The van der Waals surface area contributed by atoms with Crippen molar-refractivity contribution >= 4 is 22.5 Å². The summed E-state index contributed by atoms with van der Waals surface area (Å²) in [6.07, 6.45) is 6.30. The largest absolute Gasteiger partial charge is 0.396 e. The Kier molecular flexibility index (Phi) is 6.43. The molecule has 1 atom stereocenters. The van der Waals surface area contributed by atoms with E-state index in [0.29, 0.717) is 31.7 Å². The van der Waals surface area contributed by atoms with Gasteiger partial charge < -0.3 is 15.4 Å². The monoisotopic (exact) mass is 433 g/mol. The van der Waals surface area contributed by atoms with Crippen molar-refractivity contribution < 1.29 is 9.90 Å². The van der Waals surface area contributed by atoms with Crippen LogP contribution in [0.3, 0.4) is 0 Å². The number of aliphatic hydroxyl groups is 1. The van der Waals surface area contributed by atoms with Gasteiger partial charge >= 0.3 is 0 Å². The summed E-state index contributed by atoms with van der Waals surface area (Å²) < 4.78 is 0. The second-order valence-corrected chi connectivity index (χ2v) is 8.00. The molecular formula is C24H27N5O3. The molecule has 1 amide bonds. The lowest BCUT2D eigenvalue weighted by atomic mass is 9.90. The Bertz CT molecular complexity index is 1220. The quantitative estimate of drug-likeness (QED) is 0.546. The maximum atomic E-state index is 12.1. The minimum Gasteiger partial charge on any atom is -0.396 e. The van der Waals surface area contributed by atoms with Gasteiger partial charge in [0.15, 0.2) is 0 Å². The molecule has 4 rings (SSSR count). The van der Waals surface area contributed by atoms with Crippen LogP contribution in [0.25, 0.3) is 16.6 Å². The van der Waals surface area contributed by atoms with Gasteiger partial charge in [-0.05, 0) is 41.3 Å². The van der Waals surface area contributed by atoms with Crippen molar-refractivity contribution in [1.29, 1.82) is 0 Å². The van der Waals surface area contributed by atoms with Gasteiger partial charge in [-0.3, -0.25) is 24.5 Å². The van der Waals surface area contributed by atoms with E-state index in [2.05, 4.69) is 31.2 Å². The molecular weight excluding hydrogens is 406 g/mol. The number of pyridine rings is 3. The number of aryl methyl sites for hydroxylation is 1. The number of aliphatic hydroxyl groups excluding tert-OH is 1. The fourth-order valence-electron chi connectivity index (χ4n) is 4.12. The number of carbonyl (C=O) groups excluding carboxylic acids is 1. The van der Waals surface area contributed by atoms with Crippen molar-refractivity contribution in [3.63, 3.8) is 0 Å². The Labute approximate surface area is 186 Å². The molecule has 166 valence electrons. The van der Waals surface area contributed by atoms with Gasteiger partial charge in [0.05, 0.1) is 17.6 Å². The fraction of sp³-hybridized carbons (Fsp3) is 0.333. The number of aromatic amines is 1. The lowest BCUT2D eigenvalue weighted by molar-refractivity contribution is 0.0958. The highest BCUT2D eigenvalue weighted by atomic mass is 16.3. The van der Waals surface area contributed by atoms with Crippen molar-refractivity contribution in [2.45, 2.75) is 19.9 Å². The Morgan fingerprint density at radius 3 is 2.81 bits per heavy atom. The van der Waals surface area contributed by atoms with Crippen molar-refractivity contribution in [1.82, 2.24) is 25.2 Å². The van der Waals surface area contributed by atoms with Gasteiger partial charge in [-0.2, -0.15) is 0 Å². The topological polar surface area (TPSA) is 111 Å².